The molecule has 0 aliphatic heterocycles. The Morgan fingerprint density at radius 3 is 2.68 bits per heavy atom. The molecule has 0 bridgehead atoms. The summed E-state index contributed by atoms with van der Waals surface area (Å²) in [5, 5.41) is 11.7. The van der Waals surface area contributed by atoms with Crippen LogP contribution in [0.3, 0.4) is 0 Å². The molecular weight excluding hydrogens is 240 g/mol. The summed E-state index contributed by atoms with van der Waals surface area (Å²) in [7, 11) is 1.67. The number of aliphatic hydroxyl groups excluding tert-OH is 1. The lowest BCUT2D eigenvalue weighted by molar-refractivity contribution is -0.138. The average molecular weight is 258 g/mol. The molecular formula is C15H18N2O2. The maximum absolute atomic E-state index is 11.8. The number of nitrogens with zero attached hydrogens (tertiary/aromatic N) is 1. The number of likely N-dealkylation sites (N-methyl/N-ethyl adjacent to an activating group) is 1. The van der Waals surface area contributed by atoms with Crippen LogP contribution >= 0.6 is 0 Å². The molecule has 0 radical (unpaired) electrons. The van der Waals surface area contributed by atoms with Gasteiger partial charge >= 0.3 is 0 Å². The molecule has 1 atom stereocenters. The number of amides is 1. The smallest absolute Gasteiger partial charge is 0.252 e. The van der Waals surface area contributed by atoms with E-state index in [-0.39, 0.29) is 12.5 Å². The number of nitrogens with two attached hydrogens (primary N) is 1. The zero-order valence-corrected chi connectivity index (χ0v) is 10.9. The van der Waals surface area contributed by atoms with Crippen molar-refractivity contribution in [2.45, 2.75) is 12.6 Å². The summed E-state index contributed by atoms with van der Waals surface area (Å²) in [6.07, 6.45) is -1.13. The second-order valence-corrected chi connectivity index (χ2v) is 4.58. The van der Waals surface area contributed by atoms with Gasteiger partial charge in [-0.15, -0.1) is 0 Å². The SMILES string of the molecule is CN(Cc1cccc2ccccc12)C(=O)C(O)CN. The van der Waals surface area contributed by atoms with Gasteiger partial charge in [0.1, 0.15) is 6.10 Å². The van der Waals surface area contributed by atoms with Crippen molar-refractivity contribution in [2.24, 2.45) is 5.73 Å². The van der Waals surface area contributed by atoms with Crippen LogP contribution in [-0.4, -0.2) is 35.6 Å². The van der Waals surface area contributed by atoms with Crippen molar-refractivity contribution in [3.63, 3.8) is 0 Å². The zero-order valence-electron chi connectivity index (χ0n) is 10.9. The van der Waals surface area contributed by atoms with E-state index < -0.39 is 6.10 Å². The molecule has 0 heterocycles. The standard InChI is InChI=1S/C15H18N2O2/c1-17(15(19)14(18)9-16)10-12-7-4-6-11-5-2-3-8-13(11)12/h2-8,14,18H,9-10,16H2,1H3. The lowest BCUT2D eigenvalue weighted by Crippen LogP contribution is -2.40. The van der Waals surface area contributed by atoms with Crippen molar-refractivity contribution >= 4 is 16.7 Å². The summed E-state index contributed by atoms with van der Waals surface area (Å²) in [5.74, 6) is -0.351. The summed E-state index contributed by atoms with van der Waals surface area (Å²) >= 11 is 0. The van der Waals surface area contributed by atoms with Crippen molar-refractivity contribution < 1.29 is 9.90 Å². The van der Waals surface area contributed by atoms with Gasteiger partial charge in [-0.2, -0.15) is 0 Å². The second-order valence-electron chi connectivity index (χ2n) is 4.58. The Morgan fingerprint density at radius 1 is 1.26 bits per heavy atom. The first-order chi connectivity index (χ1) is 9.13. The normalized spacial score (nSPS) is 12.4. The van der Waals surface area contributed by atoms with Gasteiger partial charge in [0.2, 0.25) is 0 Å². The van der Waals surface area contributed by atoms with Crippen LogP contribution in [0.5, 0.6) is 0 Å². The molecule has 0 aromatic heterocycles. The average Bonchev–Trinajstić information content (AvgIpc) is 2.46. The Bertz CT molecular complexity index is 578. The Kier molecular flexibility index (Phi) is 4.14. The van der Waals surface area contributed by atoms with Gasteiger partial charge in [-0.1, -0.05) is 42.5 Å². The maximum atomic E-state index is 11.8. The van der Waals surface area contributed by atoms with E-state index in [1.54, 1.807) is 7.05 Å². The van der Waals surface area contributed by atoms with Crippen LogP contribution in [0.1, 0.15) is 5.56 Å². The molecule has 0 spiro atoms. The minimum absolute atomic E-state index is 0.0568. The van der Waals surface area contributed by atoms with E-state index >= 15 is 0 Å². The molecule has 19 heavy (non-hydrogen) atoms. The van der Waals surface area contributed by atoms with E-state index in [0.717, 1.165) is 16.3 Å². The van der Waals surface area contributed by atoms with Crippen LogP contribution in [0.4, 0.5) is 0 Å². The number of benzene rings is 2. The number of fused-ring (bicyclic) bond motifs is 1. The van der Waals surface area contributed by atoms with E-state index in [9.17, 15) is 9.90 Å². The maximum Gasteiger partial charge on any atom is 0.252 e. The van der Waals surface area contributed by atoms with Crippen molar-refractivity contribution in [3.05, 3.63) is 48.0 Å². The first kappa shape index (κ1) is 13.5. The van der Waals surface area contributed by atoms with Crippen molar-refractivity contribution in [3.8, 4) is 0 Å². The van der Waals surface area contributed by atoms with E-state index in [1.165, 1.54) is 4.90 Å². The molecule has 1 unspecified atom stereocenters. The van der Waals surface area contributed by atoms with Gasteiger partial charge in [0.15, 0.2) is 0 Å². The number of aliphatic hydroxyl groups is 1. The van der Waals surface area contributed by atoms with Crippen LogP contribution in [0.15, 0.2) is 42.5 Å². The number of hydrogen-bond acceptors (Lipinski definition) is 3. The fraction of sp³-hybridized carbons (Fsp3) is 0.267. The molecule has 0 saturated heterocycles. The molecule has 0 fully saturated rings. The van der Waals surface area contributed by atoms with Crippen molar-refractivity contribution in [1.82, 2.24) is 4.90 Å². The van der Waals surface area contributed by atoms with E-state index in [0.29, 0.717) is 6.54 Å². The van der Waals surface area contributed by atoms with Crippen LogP contribution in [0.2, 0.25) is 0 Å². The monoisotopic (exact) mass is 258 g/mol. The highest BCUT2D eigenvalue weighted by molar-refractivity contribution is 5.86. The number of rotatable bonds is 4. The largest absolute Gasteiger partial charge is 0.382 e. The van der Waals surface area contributed by atoms with Crippen LogP contribution in [-0.2, 0) is 11.3 Å². The van der Waals surface area contributed by atoms with Gasteiger partial charge in [0.05, 0.1) is 0 Å². The highest BCUT2D eigenvalue weighted by Crippen LogP contribution is 2.19. The van der Waals surface area contributed by atoms with Gasteiger partial charge in [0, 0.05) is 20.1 Å². The van der Waals surface area contributed by atoms with Crippen LogP contribution in [0, 0.1) is 0 Å². The molecule has 3 N–H and O–H groups in total. The second kappa shape index (κ2) is 5.82. The lowest BCUT2D eigenvalue weighted by Gasteiger charge is -2.20. The lowest BCUT2D eigenvalue weighted by atomic mass is 10.0. The van der Waals surface area contributed by atoms with Gasteiger partial charge in [-0.05, 0) is 16.3 Å². The Labute approximate surface area is 112 Å². The highest BCUT2D eigenvalue weighted by Gasteiger charge is 2.18. The third kappa shape index (κ3) is 2.92. The van der Waals surface area contributed by atoms with Crippen LogP contribution in [0.25, 0.3) is 10.8 Å². The molecule has 0 aliphatic rings. The molecule has 2 aromatic carbocycles. The predicted molar refractivity (Wildman–Crippen MR) is 75.5 cm³/mol. The third-order valence-corrected chi connectivity index (χ3v) is 3.17. The topological polar surface area (TPSA) is 66.6 Å². The highest BCUT2D eigenvalue weighted by atomic mass is 16.3. The minimum atomic E-state index is -1.13. The van der Waals surface area contributed by atoms with Crippen molar-refractivity contribution in [1.29, 1.82) is 0 Å². The third-order valence-electron chi connectivity index (χ3n) is 3.17. The van der Waals surface area contributed by atoms with Gasteiger partial charge in [0.25, 0.3) is 5.91 Å². The van der Waals surface area contributed by atoms with Crippen molar-refractivity contribution in [2.75, 3.05) is 13.6 Å². The van der Waals surface area contributed by atoms with Gasteiger partial charge in [-0.25, -0.2) is 0 Å². The molecule has 2 aromatic rings. The Hall–Kier alpha value is -1.91. The van der Waals surface area contributed by atoms with Gasteiger partial charge < -0.3 is 15.7 Å². The number of hydrogen-bond donors (Lipinski definition) is 2. The minimum Gasteiger partial charge on any atom is -0.382 e. The molecule has 2 rings (SSSR count). The van der Waals surface area contributed by atoms with Gasteiger partial charge in [-0.3, -0.25) is 4.79 Å². The fourth-order valence-corrected chi connectivity index (χ4v) is 2.12. The summed E-state index contributed by atoms with van der Waals surface area (Å²) < 4.78 is 0. The number of carbonyl (C=O) groups is 1. The fourth-order valence-electron chi connectivity index (χ4n) is 2.12. The first-order valence-electron chi connectivity index (χ1n) is 6.23. The zero-order chi connectivity index (χ0) is 13.8. The Morgan fingerprint density at radius 2 is 1.95 bits per heavy atom. The molecule has 0 aliphatic carbocycles. The van der Waals surface area contributed by atoms with E-state index in [1.807, 2.05) is 42.5 Å². The first-order valence-corrected chi connectivity index (χ1v) is 6.23. The predicted octanol–water partition coefficient (Wildman–Crippen LogP) is 1.12. The van der Waals surface area contributed by atoms with Crippen LogP contribution < -0.4 is 5.73 Å². The summed E-state index contributed by atoms with van der Waals surface area (Å²) in [5.41, 5.74) is 6.35. The summed E-state index contributed by atoms with van der Waals surface area (Å²) in [6, 6.07) is 14.0. The molecule has 100 valence electrons. The molecule has 0 saturated carbocycles. The molecule has 1 amide bonds. The summed E-state index contributed by atoms with van der Waals surface area (Å²) in [4.78, 5) is 13.3. The van der Waals surface area contributed by atoms with E-state index in [2.05, 4.69) is 0 Å². The summed E-state index contributed by atoms with van der Waals surface area (Å²) in [6.45, 7) is 0.399. The Balaban J connectivity index is 2.24. The molecule has 4 nitrogen and oxygen atoms in total. The van der Waals surface area contributed by atoms with E-state index in [4.69, 9.17) is 5.73 Å². The molecule has 4 heteroatoms. The number of carbonyl (C=O) groups excluding carboxylic acids is 1. The quantitative estimate of drug-likeness (QED) is 0.863.